The number of nitrogens with two attached hydrogens (primary N) is 2. The predicted molar refractivity (Wildman–Crippen MR) is 234 cm³/mol. The maximum absolute atomic E-state index is 13.5. The lowest BCUT2D eigenvalue weighted by atomic mass is 9.63. The second-order valence-corrected chi connectivity index (χ2v) is 15.9. The molecule has 5 rings (SSSR count). The molecule has 22 heteroatoms. The number of nitrogens with one attached hydrogen (secondary N) is 3. The molecule has 0 aliphatic rings. The normalized spacial score (nSPS) is 11.9. The molecule has 10 nitrogen and oxygen atoms in total. The van der Waals surface area contributed by atoms with Gasteiger partial charge in [-0.25, -0.2) is 58.9 Å². The van der Waals surface area contributed by atoms with E-state index in [0.29, 0.717) is 11.4 Å². The molecule has 0 saturated carbocycles. The SMILES string of the molecule is CCCCCCCCCCCCCCCCCc1ncc[nH]1.N[C@@H](Cc1c[nH]cn1)C(=O)Bc1c(F)c(F)c(F)c(F)c1F.N[C@@H](Cc1c[nH]cn1)C(=O)Bc1c(F)c(F)c(F)c(F)c1F. The molecule has 0 bridgehead atoms. The van der Waals surface area contributed by atoms with Crippen LogP contribution in [0.2, 0.25) is 0 Å². The minimum absolute atomic E-state index is 0.0300. The number of hydrogen-bond donors (Lipinski definition) is 5. The molecule has 66 heavy (non-hydrogen) atoms. The van der Waals surface area contributed by atoms with E-state index in [1.807, 2.05) is 12.4 Å². The molecule has 2 atom stereocenters. The largest absolute Gasteiger partial charge is 0.351 e. The summed E-state index contributed by atoms with van der Waals surface area (Å²) in [4.78, 5) is 43.9. The Morgan fingerprint density at radius 3 is 1.15 bits per heavy atom. The summed E-state index contributed by atoms with van der Waals surface area (Å²) in [5.74, 6) is -19.9. The number of halogens is 10. The van der Waals surface area contributed by atoms with Crippen LogP contribution >= 0.6 is 0 Å². The number of imidazole rings is 3. The van der Waals surface area contributed by atoms with Gasteiger partial charge in [-0.1, -0.05) is 96.8 Å². The van der Waals surface area contributed by atoms with Crippen LogP contribution in [0.3, 0.4) is 0 Å². The van der Waals surface area contributed by atoms with Gasteiger partial charge in [0.05, 0.1) is 36.1 Å². The minimum atomic E-state index is -2.27. The van der Waals surface area contributed by atoms with Crippen molar-refractivity contribution in [2.24, 2.45) is 11.5 Å². The summed E-state index contributed by atoms with van der Waals surface area (Å²) in [6.07, 6.45) is 31.8. The summed E-state index contributed by atoms with van der Waals surface area (Å²) >= 11 is 0. The average molecular weight is 941 g/mol. The fourth-order valence-corrected chi connectivity index (χ4v) is 6.80. The predicted octanol–water partition coefficient (Wildman–Crippen LogP) is 7.35. The van der Waals surface area contributed by atoms with Crippen molar-refractivity contribution in [1.29, 1.82) is 0 Å². The lowest BCUT2D eigenvalue weighted by molar-refractivity contribution is -0.113. The summed E-state index contributed by atoms with van der Waals surface area (Å²) in [5.41, 5.74) is 7.83. The van der Waals surface area contributed by atoms with Crippen molar-refractivity contribution < 1.29 is 53.5 Å². The number of carbonyl (C=O) groups excluding carboxylic acids is 2. The molecule has 0 unspecified atom stereocenters. The zero-order chi connectivity index (χ0) is 48.6. The lowest BCUT2D eigenvalue weighted by Gasteiger charge is -2.10. The molecule has 7 N–H and O–H groups in total. The zero-order valence-electron chi connectivity index (χ0n) is 36.9. The van der Waals surface area contributed by atoms with E-state index >= 15 is 0 Å². The summed E-state index contributed by atoms with van der Waals surface area (Å²) in [6.45, 7) is 2.29. The fraction of sp³-hybridized carbons (Fsp3) is 0.477. The third-order valence-corrected chi connectivity index (χ3v) is 10.7. The fourth-order valence-electron chi connectivity index (χ4n) is 6.80. The van der Waals surface area contributed by atoms with Gasteiger partial charge in [-0.15, -0.1) is 0 Å². The Labute approximate surface area is 378 Å². The van der Waals surface area contributed by atoms with Crippen LogP contribution in [-0.4, -0.2) is 67.9 Å². The van der Waals surface area contributed by atoms with Crippen molar-refractivity contribution in [3.63, 3.8) is 0 Å². The van der Waals surface area contributed by atoms with Crippen LogP contribution in [0, 0.1) is 58.2 Å². The lowest BCUT2D eigenvalue weighted by Crippen LogP contribution is -2.43. The van der Waals surface area contributed by atoms with E-state index in [2.05, 4.69) is 36.8 Å². The number of carbonyl (C=O) groups is 2. The molecule has 0 amide bonds. The number of aromatic nitrogens is 6. The third-order valence-electron chi connectivity index (χ3n) is 10.7. The third kappa shape index (κ3) is 17.9. The van der Waals surface area contributed by atoms with E-state index in [0.717, 1.165) is 12.2 Å². The summed E-state index contributed by atoms with van der Waals surface area (Å²) < 4.78 is 132. The molecule has 360 valence electrons. The first-order valence-corrected chi connectivity index (χ1v) is 22.1. The van der Waals surface area contributed by atoms with Crippen LogP contribution in [0.25, 0.3) is 0 Å². The first-order valence-electron chi connectivity index (χ1n) is 22.1. The zero-order valence-corrected chi connectivity index (χ0v) is 36.9. The molecular formula is C44H56B2F10N8O2. The average Bonchev–Trinajstić information content (AvgIpc) is 4.14. The van der Waals surface area contributed by atoms with E-state index in [1.165, 1.54) is 121 Å². The topological polar surface area (TPSA) is 172 Å². The molecule has 0 radical (unpaired) electrons. The number of hydrogen-bond acceptors (Lipinski definition) is 7. The highest BCUT2D eigenvalue weighted by Gasteiger charge is 2.30. The van der Waals surface area contributed by atoms with Crippen LogP contribution in [0.5, 0.6) is 0 Å². The number of unbranched alkanes of at least 4 members (excludes halogenated alkanes) is 14. The van der Waals surface area contributed by atoms with Crippen molar-refractivity contribution in [1.82, 2.24) is 29.9 Å². The Kier molecular flexibility index (Phi) is 24.5. The van der Waals surface area contributed by atoms with Crippen LogP contribution in [0.4, 0.5) is 43.9 Å². The Bertz CT molecular complexity index is 2020. The molecule has 0 aliphatic carbocycles. The highest BCUT2D eigenvalue weighted by Crippen LogP contribution is 2.18. The minimum Gasteiger partial charge on any atom is -0.351 e. The molecule has 0 saturated heterocycles. The molecule has 3 aromatic heterocycles. The van der Waals surface area contributed by atoms with Gasteiger partial charge in [-0.3, -0.25) is 0 Å². The highest BCUT2D eigenvalue weighted by molar-refractivity contribution is 6.85. The van der Waals surface area contributed by atoms with Crippen molar-refractivity contribution in [3.05, 3.63) is 113 Å². The second kappa shape index (κ2) is 29.4. The number of rotatable bonds is 26. The van der Waals surface area contributed by atoms with Gasteiger partial charge in [-0.05, 0) is 6.42 Å². The first-order chi connectivity index (χ1) is 31.6. The quantitative estimate of drug-likeness (QED) is 0.0127. The van der Waals surface area contributed by atoms with Gasteiger partial charge in [-0.2, -0.15) is 0 Å². The molecule has 3 heterocycles. The molecular weight excluding hydrogens is 884 g/mol. The molecule has 0 aliphatic heterocycles. The number of aromatic amines is 3. The number of aryl methyl sites for hydroxylation is 1. The van der Waals surface area contributed by atoms with Crippen LogP contribution in [0.1, 0.15) is 120 Å². The van der Waals surface area contributed by atoms with Gasteiger partial charge < -0.3 is 36.0 Å². The van der Waals surface area contributed by atoms with Crippen LogP contribution < -0.4 is 22.4 Å². The van der Waals surface area contributed by atoms with Gasteiger partial charge in [0.15, 0.2) is 58.2 Å². The van der Waals surface area contributed by atoms with E-state index in [4.69, 9.17) is 11.5 Å². The Balaban J connectivity index is 0.000000263. The van der Waals surface area contributed by atoms with Crippen LogP contribution in [0.15, 0.2) is 37.4 Å². The Morgan fingerprint density at radius 2 is 0.848 bits per heavy atom. The van der Waals surface area contributed by atoms with Gasteiger partial charge in [0.1, 0.15) is 17.2 Å². The first kappa shape index (κ1) is 55.1. The van der Waals surface area contributed by atoms with Crippen molar-refractivity contribution >= 4 is 36.8 Å². The maximum atomic E-state index is 13.5. The van der Waals surface area contributed by atoms with Gasteiger partial charge >= 0.3 is 0 Å². The van der Waals surface area contributed by atoms with E-state index in [-0.39, 0.29) is 12.8 Å². The Hall–Kier alpha value is -5.24. The molecule has 0 fully saturated rings. The number of H-pyrrole nitrogens is 3. The smallest absolute Gasteiger partial charge is 0.249 e. The monoisotopic (exact) mass is 940 g/mol. The summed E-state index contributed by atoms with van der Waals surface area (Å²) in [6, 6.07) is -2.36. The summed E-state index contributed by atoms with van der Waals surface area (Å²) in [5, 5.41) is 0. The van der Waals surface area contributed by atoms with Crippen LogP contribution in [-0.2, 0) is 28.9 Å². The van der Waals surface area contributed by atoms with E-state index in [1.54, 1.807) is 0 Å². The van der Waals surface area contributed by atoms with Crippen molar-refractivity contribution in [2.75, 3.05) is 0 Å². The maximum Gasteiger partial charge on any atom is 0.249 e. The van der Waals surface area contributed by atoms with Crippen molar-refractivity contribution in [3.8, 4) is 0 Å². The van der Waals surface area contributed by atoms with Gasteiger partial charge in [0, 0.05) is 55.0 Å². The van der Waals surface area contributed by atoms with Crippen molar-refractivity contribution in [2.45, 2.75) is 135 Å². The number of benzene rings is 2. The Morgan fingerprint density at radius 1 is 0.515 bits per heavy atom. The molecule has 5 aromatic rings. The molecule has 0 spiro atoms. The standard InChI is InChI=1S/C20H38N2.2C12H9BF5N3O/c1-2-3-4-5-6-7-8-9-10-11-12-13-14-15-16-17-20-21-18-19-22-20;2*14-7-6(8(15)10(17)11(18)9(7)16)13-12(22)5(19)1-4-2-20-3-21-4/h18-19H,2-17H2,1H3,(H,21,22);2*2-3,5,13H,1,19H2,(H,20,21)/t;2*5-/m.00/s1. The van der Waals surface area contributed by atoms with Gasteiger partial charge in [0.2, 0.25) is 14.6 Å². The van der Waals surface area contributed by atoms with E-state index in [9.17, 15) is 53.5 Å². The molecule has 2 aromatic carbocycles. The van der Waals surface area contributed by atoms with Gasteiger partial charge in [0.25, 0.3) is 0 Å². The number of nitrogens with zero attached hydrogens (tertiary/aromatic N) is 3. The summed E-state index contributed by atoms with van der Waals surface area (Å²) in [7, 11) is -2.01. The second-order valence-electron chi connectivity index (χ2n) is 15.9. The highest BCUT2D eigenvalue weighted by atomic mass is 19.2. The van der Waals surface area contributed by atoms with E-state index < -0.39 is 107 Å².